The van der Waals surface area contributed by atoms with Crippen LogP contribution in [0, 0.1) is 13.8 Å². The van der Waals surface area contributed by atoms with E-state index in [2.05, 4.69) is 42.1 Å². The zero-order valence-corrected chi connectivity index (χ0v) is 10.4. The van der Waals surface area contributed by atoms with Crippen molar-refractivity contribution < 1.29 is 0 Å². The van der Waals surface area contributed by atoms with E-state index < -0.39 is 0 Å². The van der Waals surface area contributed by atoms with Gasteiger partial charge in [0.2, 0.25) is 0 Å². The molecule has 0 fully saturated rings. The maximum Gasteiger partial charge on any atom is 0.165 e. The molecular formula is C14H14N4. The molecule has 2 aromatic heterocycles. The molecule has 3 aromatic rings. The Morgan fingerprint density at radius 1 is 1.11 bits per heavy atom. The summed E-state index contributed by atoms with van der Waals surface area (Å²) in [5.41, 5.74) is 10.1. The van der Waals surface area contributed by atoms with E-state index in [-0.39, 0.29) is 0 Å². The molecule has 1 aromatic carbocycles. The largest absolute Gasteiger partial charge is 0.382 e. The zero-order valence-electron chi connectivity index (χ0n) is 10.4. The Hall–Kier alpha value is -2.36. The molecule has 0 atom stereocenters. The highest BCUT2D eigenvalue weighted by Gasteiger charge is 2.10. The predicted octanol–water partition coefficient (Wildman–Crippen LogP) is 2.62. The summed E-state index contributed by atoms with van der Waals surface area (Å²) in [6.45, 7) is 4.14. The van der Waals surface area contributed by atoms with Crippen molar-refractivity contribution in [1.82, 2.24) is 14.8 Å². The third kappa shape index (κ3) is 1.62. The van der Waals surface area contributed by atoms with Crippen LogP contribution in [0.25, 0.3) is 16.7 Å². The Morgan fingerprint density at radius 2 is 1.83 bits per heavy atom. The Kier molecular flexibility index (Phi) is 2.30. The summed E-state index contributed by atoms with van der Waals surface area (Å²) in [6, 6.07) is 10.1. The smallest absolute Gasteiger partial charge is 0.165 e. The summed E-state index contributed by atoms with van der Waals surface area (Å²) in [5, 5.41) is 5.26. The quantitative estimate of drug-likeness (QED) is 0.709. The minimum absolute atomic E-state index is 0.511. The van der Waals surface area contributed by atoms with Crippen LogP contribution in [-0.2, 0) is 0 Å². The van der Waals surface area contributed by atoms with Gasteiger partial charge in [-0.1, -0.05) is 6.07 Å². The Labute approximate surface area is 105 Å². The number of anilines is 1. The van der Waals surface area contributed by atoms with Gasteiger partial charge in [-0.05, 0) is 49.2 Å². The summed E-state index contributed by atoms with van der Waals surface area (Å²) in [7, 11) is 0. The maximum atomic E-state index is 5.92. The first-order chi connectivity index (χ1) is 8.65. The number of aryl methyl sites for hydroxylation is 2. The van der Waals surface area contributed by atoms with E-state index in [1.54, 1.807) is 10.9 Å². The Morgan fingerprint density at radius 3 is 2.56 bits per heavy atom. The highest BCUT2D eigenvalue weighted by atomic mass is 15.3. The second-order valence-electron chi connectivity index (χ2n) is 4.52. The number of nitrogens with two attached hydrogens (primary N) is 1. The molecule has 0 aliphatic carbocycles. The van der Waals surface area contributed by atoms with Crippen molar-refractivity contribution in [2.24, 2.45) is 0 Å². The number of benzene rings is 1. The van der Waals surface area contributed by atoms with Crippen molar-refractivity contribution in [2.75, 3.05) is 5.73 Å². The second kappa shape index (κ2) is 3.84. The molecule has 0 radical (unpaired) electrons. The molecule has 0 saturated heterocycles. The van der Waals surface area contributed by atoms with Gasteiger partial charge in [-0.25, -0.2) is 9.67 Å². The van der Waals surface area contributed by atoms with Crippen LogP contribution >= 0.6 is 0 Å². The summed E-state index contributed by atoms with van der Waals surface area (Å²) >= 11 is 0. The second-order valence-corrected chi connectivity index (χ2v) is 4.52. The van der Waals surface area contributed by atoms with Gasteiger partial charge in [-0.15, -0.1) is 5.10 Å². The third-order valence-corrected chi connectivity index (χ3v) is 2.92. The number of nitrogen functional groups attached to an aromatic ring is 1. The Bertz CT molecular complexity index is 707. The van der Waals surface area contributed by atoms with E-state index in [0.29, 0.717) is 5.82 Å². The highest BCUT2D eigenvalue weighted by Crippen LogP contribution is 2.22. The normalized spacial score (nSPS) is 11.0. The van der Waals surface area contributed by atoms with Crippen LogP contribution in [0.3, 0.4) is 0 Å². The van der Waals surface area contributed by atoms with Gasteiger partial charge in [0.15, 0.2) is 11.5 Å². The summed E-state index contributed by atoms with van der Waals surface area (Å²) in [6.07, 6.45) is 1.75. The van der Waals surface area contributed by atoms with Gasteiger partial charge in [0.1, 0.15) is 0 Å². The fourth-order valence-corrected chi connectivity index (χ4v) is 2.23. The van der Waals surface area contributed by atoms with Crippen molar-refractivity contribution in [3.63, 3.8) is 0 Å². The number of nitrogens with zero attached hydrogens (tertiary/aromatic N) is 3. The molecule has 4 nitrogen and oxygen atoms in total. The topological polar surface area (TPSA) is 56.7 Å². The molecular weight excluding hydrogens is 224 g/mol. The fraction of sp³-hybridized carbons (Fsp3) is 0.143. The lowest BCUT2D eigenvalue weighted by Gasteiger charge is -2.05. The molecule has 3 rings (SSSR count). The molecule has 0 saturated carbocycles. The van der Waals surface area contributed by atoms with Crippen LogP contribution in [0.5, 0.6) is 0 Å². The van der Waals surface area contributed by atoms with Crippen LogP contribution in [0.1, 0.15) is 11.1 Å². The van der Waals surface area contributed by atoms with E-state index in [1.165, 1.54) is 11.1 Å². The van der Waals surface area contributed by atoms with Gasteiger partial charge >= 0.3 is 0 Å². The summed E-state index contributed by atoms with van der Waals surface area (Å²) in [5.74, 6) is 0.511. The van der Waals surface area contributed by atoms with Gasteiger partial charge in [-0.3, -0.25) is 0 Å². The number of aromatic nitrogens is 3. The van der Waals surface area contributed by atoms with E-state index >= 15 is 0 Å². The lowest BCUT2D eigenvalue weighted by Crippen LogP contribution is -1.99. The van der Waals surface area contributed by atoms with E-state index in [1.807, 2.05) is 12.1 Å². The van der Waals surface area contributed by atoms with Gasteiger partial charge in [0.05, 0.1) is 11.1 Å². The highest BCUT2D eigenvalue weighted by molar-refractivity contribution is 5.87. The minimum Gasteiger partial charge on any atom is -0.382 e. The zero-order chi connectivity index (χ0) is 12.7. The van der Waals surface area contributed by atoms with Crippen LogP contribution in [0.15, 0.2) is 36.5 Å². The molecule has 4 heteroatoms. The average Bonchev–Trinajstić information content (AvgIpc) is 2.66. The lowest BCUT2D eigenvalue weighted by molar-refractivity contribution is 0.899. The Balaban J connectivity index is 2.31. The average molecular weight is 238 g/mol. The van der Waals surface area contributed by atoms with Gasteiger partial charge < -0.3 is 5.73 Å². The molecule has 0 unspecified atom stereocenters. The van der Waals surface area contributed by atoms with Crippen molar-refractivity contribution in [2.45, 2.75) is 13.8 Å². The maximum absolute atomic E-state index is 5.92. The summed E-state index contributed by atoms with van der Waals surface area (Å²) < 4.78 is 1.80. The van der Waals surface area contributed by atoms with Crippen LogP contribution < -0.4 is 5.73 Å². The van der Waals surface area contributed by atoms with Crippen LogP contribution in [-0.4, -0.2) is 14.8 Å². The van der Waals surface area contributed by atoms with Gasteiger partial charge in [-0.2, -0.15) is 0 Å². The molecule has 0 aliphatic rings. The molecule has 0 aliphatic heterocycles. The van der Waals surface area contributed by atoms with Crippen LogP contribution in [0.2, 0.25) is 0 Å². The SMILES string of the molecule is Cc1cc(C)cc(-n2nc(N)c3cccnc32)c1. The molecule has 90 valence electrons. The van der Waals surface area contributed by atoms with Gasteiger partial charge in [0, 0.05) is 6.20 Å². The van der Waals surface area contributed by atoms with Crippen molar-refractivity contribution >= 4 is 16.9 Å². The number of hydrogen-bond donors (Lipinski definition) is 1. The molecule has 0 spiro atoms. The summed E-state index contributed by atoms with van der Waals surface area (Å²) in [4.78, 5) is 4.36. The van der Waals surface area contributed by atoms with Crippen molar-refractivity contribution in [3.8, 4) is 5.69 Å². The van der Waals surface area contributed by atoms with E-state index in [4.69, 9.17) is 5.73 Å². The molecule has 2 heterocycles. The number of rotatable bonds is 1. The molecule has 0 bridgehead atoms. The van der Waals surface area contributed by atoms with Crippen molar-refractivity contribution in [1.29, 1.82) is 0 Å². The van der Waals surface area contributed by atoms with E-state index in [0.717, 1.165) is 16.7 Å². The van der Waals surface area contributed by atoms with E-state index in [9.17, 15) is 0 Å². The number of pyridine rings is 1. The fourth-order valence-electron chi connectivity index (χ4n) is 2.23. The molecule has 2 N–H and O–H groups in total. The first kappa shape index (κ1) is 10.8. The predicted molar refractivity (Wildman–Crippen MR) is 72.8 cm³/mol. The van der Waals surface area contributed by atoms with Crippen molar-refractivity contribution in [3.05, 3.63) is 47.7 Å². The minimum atomic E-state index is 0.511. The molecule has 0 amide bonds. The van der Waals surface area contributed by atoms with Crippen LogP contribution in [0.4, 0.5) is 5.82 Å². The first-order valence-corrected chi connectivity index (χ1v) is 5.83. The number of hydrogen-bond acceptors (Lipinski definition) is 3. The molecule has 18 heavy (non-hydrogen) atoms. The lowest BCUT2D eigenvalue weighted by atomic mass is 10.1. The van der Waals surface area contributed by atoms with Gasteiger partial charge in [0.25, 0.3) is 0 Å². The standard InChI is InChI=1S/C14H14N4/c1-9-6-10(2)8-11(7-9)18-14-12(13(15)17-18)4-3-5-16-14/h3-8H,1-2H3,(H2,15,17). The first-order valence-electron chi connectivity index (χ1n) is 5.83. The third-order valence-electron chi connectivity index (χ3n) is 2.92. The monoisotopic (exact) mass is 238 g/mol. The number of fused-ring (bicyclic) bond motifs is 1.